The number of hydrogen-bond donors (Lipinski definition) is 1. The number of imidazole rings is 1. The van der Waals surface area contributed by atoms with Crippen molar-refractivity contribution in [3.8, 4) is 0 Å². The molecule has 202 valence electrons. The molecule has 0 radical (unpaired) electrons. The number of aromatic nitrogens is 2. The fourth-order valence-corrected chi connectivity index (χ4v) is 11.0. The van der Waals surface area contributed by atoms with Gasteiger partial charge in [-0.1, -0.05) is 89.4 Å². The number of H-pyrrole nitrogens is 1. The second-order valence-corrected chi connectivity index (χ2v) is 15.6. The average molecular weight is 519 g/mol. The first kappa shape index (κ1) is 26.0. The summed E-state index contributed by atoms with van der Waals surface area (Å²) in [7, 11) is 0. The molecule has 0 unspecified atom stereocenters. The van der Waals surface area contributed by atoms with Gasteiger partial charge in [-0.25, -0.2) is 4.98 Å². The second kappa shape index (κ2) is 10.1. The van der Waals surface area contributed by atoms with E-state index in [2.05, 4.69) is 69.9 Å². The summed E-state index contributed by atoms with van der Waals surface area (Å²) < 4.78 is 0. The maximum atomic E-state index is 4.87. The number of fused-ring (bicyclic) bond motifs is 6. The highest BCUT2D eigenvalue weighted by Gasteiger charge is 2.59. The predicted octanol–water partition coefficient (Wildman–Crippen LogP) is 10.1. The van der Waals surface area contributed by atoms with Gasteiger partial charge in [0.25, 0.3) is 0 Å². The molecule has 37 heavy (non-hydrogen) atoms. The van der Waals surface area contributed by atoms with Crippen LogP contribution in [0.4, 0.5) is 0 Å². The van der Waals surface area contributed by atoms with Gasteiger partial charge in [0.05, 0.1) is 11.0 Å². The van der Waals surface area contributed by atoms with Crippen LogP contribution < -0.4 is 0 Å². The number of rotatable bonds is 7. The van der Waals surface area contributed by atoms with Gasteiger partial charge < -0.3 is 4.98 Å². The molecule has 3 saturated carbocycles. The molecule has 1 aromatic heterocycles. The summed E-state index contributed by atoms with van der Waals surface area (Å²) in [5.74, 6) is 5.52. The molecule has 1 N–H and O–H groups in total. The van der Waals surface area contributed by atoms with Crippen molar-refractivity contribution < 1.29 is 0 Å². The normalized spacial score (nSPS) is 38.2. The van der Waals surface area contributed by atoms with Crippen LogP contribution in [0.3, 0.4) is 0 Å². The third-order valence-electron chi connectivity index (χ3n) is 11.9. The van der Waals surface area contributed by atoms with Crippen molar-refractivity contribution in [1.82, 2.24) is 9.97 Å². The minimum Gasteiger partial charge on any atom is -0.333 e. The van der Waals surface area contributed by atoms with E-state index >= 15 is 0 Å². The standard InChI is InChI=1S/C34H50N2S/c1-22(2)9-8-10-23(3)27-15-16-28-26-14-13-24-21-25(37-32-35-30-11-6-7-12-31(30)36-32)17-19-33(24,4)29(26)18-20-34(27,28)5/h6-7,11-13,22-23,25-29H,8-10,14-21H2,1-5H3,(H,35,36)/t23-,25+,26+,27-,28+,29+,33+,34-/m1/s1. The van der Waals surface area contributed by atoms with Crippen molar-refractivity contribution in [2.75, 3.05) is 0 Å². The van der Waals surface area contributed by atoms with Crippen LogP contribution in [0.25, 0.3) is 11.0 Å². The van der Waals surface area contributed by atoms with E-state index in [1.807, 2.05) is 11.8 Å². The topological polar surface area (TPSA) is 28.7 Å². The molecule has 8 atom stereocenters. The highest BCUT2D eigenvalue weighted by Crippen LogP contribution is 2.67. The van der Waals surface area contributed by atoms with Gasteiger partial charge in [-0.15, -0.1) is 0 Å². The van der Waals surface area contributed by atoms with Crippen LogP contribution in [0.5, 0.6) is 0 Å². The van der Waals surface area contributed by atoms with Gasteiger partial charge >= 0.3 is 0 Å². The molecule has 2 aromatic rings. The minimum atomic E-state index is 0.441. The molecular weight excluding hydrogens is 468 g/mol. The second-order valence-electron chi connectivity index (χ2n) is 14.3. The lowest BCUT2D eigenvalue weighted by Gasteiger charge is -2.58. The van der Waals surface area contributed by atoms with E-state index in [1.165, 1.54) is 76.1 Å². The number of hydrogen-bond acceptors (Lipinski definition) is 2. The first-order valence-electron chi connectivity index (χ1n) is 15.6. The van der Waals surface area contributed by atoms with E-state index in [1.54, 1.807) is 5.57 Å². The lowest BCUT2D eigenvalue weighted by molar-refractivity contribution is -0.0497. The largest absolute Gasteiger partial charge is 0.333 e. The number of allylic oxidation sites excluding steroid dienone is 2. The zero-order chi connectivity index (χ0) is 25.8. The molecule has 0 saturated heterocycles. The van der Waals surface area contributed by atoms with Gasteiger partial charge in [-0.05, 0) is 110 Å². The molecule has 0 aliphatic heterocycles. The zero-order valence-electron chi connectivity index (χ0n) is 24.1. The summed E-state index contributed by atoms with van der Waals surface area (Å²) in [6.45, 7) is 12.8. The van der Waals surface area contributed by atoms with Crippen molar-refractivity contribution in [3.05, 3.63) is 35.9 Å². The molecular formula is C34H50N2S. The fraction of sp³-hybridized carbons (Fsp3) is 0.735. The minimum absolute atomic E-state index is 0.441. The smallest absolute Gasteiger partial charge is 0.166 e. The Labute approximate surface area is 230 Å². The van der Waals surface area contributed by atoms with E-state index in [0.29, 0.717) is 16.1 Å². The van der Waals surface area contributed by atoms with Gasteiger partial charge in [0.1, 0.15) is 0 Å². The summed E-state index contributed by atoms with van der Waals surface area (Å²) in [5, 5.41) is 1.77. The van der Waals surface area contributed by atoms with Gasteiger partial charge in [-0.2, -0.15) is 0 Å². The van der Waals surface area contributed by atoms with Crippen molar-refractivity contribution in [2.24, 2.45) is 46.3 Å². The Morgan fingerprint density at radius 1 is 1.00 bits per heavy atom. The Morgan fingerprint density at radius 2 is 1.84 bits per heavy atom. The van der Waals surface area contributed by atoms with Crippen molar-refractivity contribution in [2.45, 2.75) is 116 Å². The van der Waals surface area contributed by atoms with E-state index in [4.69, 9.17) is 4.98 Å². The van der Waals surface area contributed by atoms with Crippen molar-refractivity contribution in [1.29, 1.82) is 0 Å². The molecule has 0 spiro atoms. The van der Waals surface area contributed by atoms with Crippen molar-refractivity contribution in [3.63, 3.8) is 0 Å². The number of thioether (sulfide) groups is 1. The van der Waals surface area contributed by atoms with Crippen LogP contribution >= 0.6 is 11.8 Å². The molecule has 3 heteroatoms. The third-order valence-corrected chi connectivity index (χ3v) is 13.1. The molecule has 4 aliphatic carbocycles. The Hall–Kier alpha value is -1.22. The molecule has 1 heterocycles. The molecule has 6 rings (SSSR count). The van der Waals surface area contributed by atoms with E-state index < -0.39 is 0 Å². The molecule has 2 nitrogen and oxygen atoms in total. The molecule has 0 amide bonds. The number of nitrogens with zero attached hydrogens (tertiary/aromatic N) is 1. The van der Waals surface area contributed by atoms with Gasteiger partial charge in [0, 0.05) is 5.25 Å². The fourth-order valence-electron chi connectivity index (χ4n) is 9.90. The summed E-state index contributed by atoms with van der Waals surface area (Å²) in [5.41, 5.74) is 5.10. The van der Waals surface area contributed by atoms with Gasteiger partial charge in [0.2, 0.25) is 0 Å². The Kier molecular flexibility index (Phi) is 7.08. The Balaban J connectivity index is 1.14. The summed E-state index contributed by atoms with van der Waals surface area (Å²) in [6.07, 6.45) is 18.3. The summed E-state index contributed by atoms with van der Waals surface area (Å²) in [4.78, 5) is 8.44. The van der Waals surface area contributed by atoms with Crippen LogP contribution in [0.1, 0.15) is 105 Å². The van der Waals surface area contributed by atoms with E-state index in [9.17, 15) is 0 Å². The summed E-state index contributed by atoms with van der Waals surface area (Å²) in [6, 6.07) is 8.45. The lowest BCUT2D eigenvalue weighted by Crippen LogP contribution is -2.50. The van der Waals surface area contributed by atoms with Gasteiger partial charge in [0.15, 0.2) is 5.16 Å². The number of para-hydroxylation sites is 2. The average Bonchev–Trinajstić information content (AvgIpc) is 3.44. The van der Waals surface area contributed by atoms with Crippen LogP contribution in [0, 0.1) is 46.3 Å². The number of aromatic amines is 1. The quantitative estimate of drug-likeness (QED) is 0.369. The SMILES string of the molecule is CC(C)CCC[C@@H](C)[C@H]1CC[C@H]2[C@@H]3CC=C4C[C@@H](Sc5nc6ccccc6[nH]5)CC[C@]4(C)[C@H]3CC[C@]12C. The van der Waals surface area contributed by atoms with E-state index in [-0.39, 0.29) is 0 Å². The highest BCUT2D eigenvalue weighted by molar-refractivity contribution is 7.99. The molecule has 4 aliphatic rings. The predicted molar refractivity (Wildman–Crippen MR) is 159 cm³/mol. The Morgan fingerprint density at radius 3 is 2.65 bits per heavy atom. The first-order valence-corrected chi connectivity index (χ1v) is 16.5. The Bertz CT molecular complexity index is 1100. The number of benzene rings is 1. The van der Waals surface area contributed by atoms with Crippen LogP contribution in [-0.2, 0) is 0 Å². The zero-order valence-corrected chi connectivity index (χ0v) is 24.9. The van der Waals surface area contributed by atoms with Gasteiger partial charge in [-0.3, -0.25) is 0 Å². The monoisotopic (exact) mass is 518 g/mol. The van der Waals surface area contributed by atoms with Crippen LogP contribution in [0.15, 0.2) is 41.1 Å². The number of nitrogens with one attached hydrogen (secondary N) is 1. The first-order chi connectivity index (χ1) is 17.8. The van der Waals surface area contributed by atoms with E-state index in [0.717, 1.165) is 46.2 Å². The maximum absolute atomic E-state index is 4.87. The van der Waals surface area contributed by atoms with Crippen LogP contribution in [-0.4, -0.2) is 15.2 Å². The summed E-state index contributed by atoms with van der Waals surface area (Å²) >= 11 is 1.99. The van der Waals surface area contributed by atoms with Crippen molar-refractivity contribution >= 4 is 22.8 Å². The third kappa shape index (κ3) is 4.64. The molecule has 0 bridgehead atoms. The molecule has 1 aromatic carbocycles. The molecule has 3 fully saturated rings. The lowest BCUT2D eigenvalue weighted by atomic mass is 9.47. The van der Waals surface area contributed by atoms with Crippen LogP contribution in [0.2, 0.25) is 0 Å². The maximum Gasteiger partial charge on any atom is 0.166 e. The highest BCUT2D eigenvalue weighted by atomic mass is 32.2.